The first-order valence-electron chi connectivity index (χ1n) is 19.8. The average Bonchev–Trinajstić information content (AvgIpc) is 3.42. The predicted molar refractivity (Wildman–Crippen MR) is 228 cm³/mol. The molecular weight excluding hydrogens is 741 g/mol. The summed E-state index contributed by atoms with van der Waals surface area (Å²) in [5, 5.41) is 4.29. The number of nitrogens with zero attached hydrogens (tertiary/aromatic N) is 4. The zero-order chi connectivity index (χ0) is 40.4. The number of carbonyl (C=O) groups excluding carboxylic acids is 2. The summed E-state index contributed by atoms with van der Waals surface area (Å²) >= 11 is 12.9. The summed E-state index contributed by atoms with van der Waals surface area (Å²) in [7, 11) is 0. The highest BCUT2D eigenvalue weighted by atomic mass is 35.5. The number of aromatic nitrogens is 1. The van der Waals surface area contributed by atoms with Crippen molar-refractivity contribution >= 4 is 46.7 Å². The van der Waals surface area contributed by atoms with Crippen molar-refractivity contribution in [2.75, 3.05) is 25.0 Å². The van der Waals surface area contributed by atoms with E-state index in [1.165, 1.54) is 5.56 Å². The Kier molecular flexibility index (Phi) is 12.2. The van der Waals surface area contributed by atoms with Gasteiger partial charge in [0.1, 0.15) is 22.7 Å². The number of rotatable bonds is 10. The van der Waals surface area contributed by atoms with Crippen molar-refractivity contribution in [2.24, 2.45) is 10.9 Å². The minimum absolute atomic E-state index is 0.0104. The van der Waals surface area contributed by atoms with E-state index in [9.17, 15) is 4.79 Å². The largest absolute Gasteiger partial charge is 0.493 e. The zero-order valence-electron chi connectivity index (χ0n) is 34.0. The Balaban J connectivity index is 1.35. The molecule has 0 spiro atoms. The Bertz CT molecular complexity index is 2050. The summed E-state index contributed by atoms with van der Waals surface area (Å²) in [6, 6.07) is 25.3. The lowest BCUT2D eigenvalue weighted by Gasteiger charge is -2.47. The molecule has 0 saturated carbocycles. The molecule has 2 aliphatic heterocycles. The van der Waals surface area contributed by atoms with Gasteiger partial charge < -0.3 is 15.0 Å². The summed E-state index contributed by atoms with van der Waals surface area (Å²) in [5.74, 6) is 1.70. The Morgan fingerprint density at radius 1 is 0.911 bits per heavy atom. The van der Waals surface area contributed by atoms with Crippen molar-refractivity contribution < 1.29 is 14.3 Å². The third-order valence-corrected chi connectivity index (χ3v) is 12.4. The van der Waals surface area contributed by atoms with Gasteiger partial charge in [0.25, 0.3) is 0 Å². The van der Waals surface area contributed by atoms with Gasteiger partial charge in [0.2, 0.25) is 5.91 Å². The van der Waals surface area contributed by atoms with Crippen molar-refractivity contribution in [3.8, 4) is 5.75 Å². The number of amides is 3. The molecule has 1 saturated heterocycles. The molecule has 3 heterocycles. The van der Waals surface area contributed by atoms with Crippen molar-refractivity contribution in [1.82, 2.24) is 14.8 Å². The van der Waals surface area contributed by atoms with Gasteiger partial charge in [-0.15, -0.1) is 0 Å². The third kappa shape index (κ3) is 8.19. The summed E-state index contributed by atoms with van der Waals surface area (Å²) in [5.41, 5.74) is 3.09. The van der Waals surface area contributed by atoms with Gasteiger partial charge in [0.15, 0.2) is 0 Å². The predicted octanol–water partition coefficient (Wildman–Crippen LogP) is 11.4. The molecule has 56 heavy (non-hydrogen) atoms. The molecule has 3 amide bonds. The highest BCUT2D eigenvalue weighted by Crippen LogP contribution is 2.54. The zero-order valence-corrected chi connectivity index (χ0v) is 35.5. The third-order valence-electron chi connectivity index (χ3n) is 11.9. The maximum atomic E-state index is 15.4. The molecule has 1 unspecified atom stereocenters. The van der Waals surface area contributed by atoms with Gasteiger partial charge in [-0.05, 0) is 105 Å². The van der Waals surface area contributed by atoms with Crippen LogP contribution in [-0.4, -0.2) is 52.3 Å². The number of hydrogen-bond acceptors (Lipinski definition) is 5. The van der Waals surface area contributed by atoms with Crippen molar-refractivity contribution in [3.63, 3.8) is 0 Å². The number of benzene rings is 3. The molecule has 6 rings (SSSR count). The van der Waals surface area contributed by atoms with E-state index < -0.39 is 11.1 Å². The van der Waals surface area contributed by atoms with Gasteiger partial charge in [-0.25, -0.2) is 4.79 Å². The van der Waals surface area contributed by atoms with E-state index in [2.05, 4.69) is 65.9 Å². The van der Waals surface area contributed by atoms with Crippen LogP contribution < -0.4 is 10.1 Å². The highest BCUT2D eigenvalue weighted by molar-refractivity contribution is 6.30. The van der Waals surface area contributed by atoms with E-state index in [1.807, 2.05) is 83.5 Å². The number of hydrogen-bond donors (Lipinski definition) is 1. The van der Waals surface area contributed by atoms with Crippen LogP contribution in [0, 0.1) is 5.92 Å². The molecule has 1 aromatic heterocycles. The average molecular weight is 797 g/mol. The van der Waals surface area contributed by atoms with Crippen LogP contribution in [0.1, 0.15) is 115 Å². The van der Waals surface area contributed by atoms with E-state index >= 15 is 4.79 Å². The molecule has 1 N–H and O–H groups in total. The molecule has 10 heteroatoms. The van der Waals surface area contributed by atoms with Gasteiger partial charge >= 0.3 is 6.03 Å². The molecule has 2 aliphatic rings. The SMILES string of the molecule is CCOc1cc(C(C)(C)C)ncc1C1=N[C@@](C)(c2ccc(Cl)cc2)[C@@](C)(c2ccc(Cl)cc2)N1C(=O)N1CCC(CC(=O)Nc2ccc(C(C)CC)cc2)CC1. The van der Waals surface area contributed by atoms with Gasteiger partial charge in [0.05, 0.1) is 12.2 Å². The van der Waals surface area contributed by atoms with Crippen molar-refractivity contribution in [2.45, 2.75) is 103 Å². The van der Waals surface area contributed by atoms with Crippen LogP contribution in [0.3, 0.4) is 0 Å². The first kappa shape index (κ1) is 41.2. The molecule has 296 valence electrons. The van der Waals surface area contributed by atoms with Gasteiger partial charge in [-0.1, -0.05) is 94.2 Å². The van der Waals surface area contributed by atoms with Crippen molar-refractivity contribution in [1.29, 1.82) is 0 Å². The number of anilines is 1. The standard InChI is InChI=1S/C46H55Cl2N5O3/c1-9-30(3)32-11-21-37(22-12-32)50-41(54)27-31-23-25-52(26-24-31)43(55)53-42(38-29-49-40(44(4,5)6)28-39(38)56-10-2)51-45(7,33-13-17-35(47)18-14-33)46(53,8)34-15-19-36(48)20-16-34/h11-22,28-31H,9-10,23-27H2,1-8H3,(H,50,54)/t30?,45-,46+/m0/s1. The molecule has 0 aliphatic carbocycles. The second-order valence-corrected chi connectivity index (χ2v) is 17.4. The van der Waals surface area contributed by atoms with Crippen molar-refractivity contribution in [3.05, 3.63) is 123 Å². The lowest BCUT2D eigenvalue weighted by molar-refractivity contribution is -0.117. The van der Waals surface area contributed by atoms with E-state index in [4.69, 9.17) is 37.9 Å². The molecule has 3 atom stereocenters. The monoisotopic (exact) mass is 795 g/mol. The van der Waals surface area contributed by atoms with E-state index in [-0.39, 0.29) is 23.3 Å². The number of likely N-dealkylation sites (tertiary alicyclic amines) is 1. The second kappa shape index (κ2) is 16.6. The van der Waals surface area contributed by atoms with Crippen LogP contribution in [0.4, 0.5) is 10.5 Å². The highest BCUT2D eigenvalue weighted by Gasteiger charge is 2.60. The topological polar surface area (TPSA) is 87.1 Å². The fraction of sp³-hybridized carbons (Fsp3) is 0.435. The number of nitrogens with one attached hydrogen (secondary N) is 1. The Morgan fingerprint density at radius 2 is 1.50 bits per heavy atom. The first-order valence-corrected chi connectivity index (χ1v) is 20.6. The van der Waals surface area contributed by atoms with Crippen LogP contribution in [0.5, 0.6) is 5.75 Å². The molecular formula is C46H55Cl2N5O3. The van der Waals surface area contributed by atoms with Gasteiger partial charge in [0, 0.05) is 58.6 Å². The minimum atomic E-state index is -1.04. The number of urea groups is 1. The van der Waals surface area contributed by atoms with Gasteiger partial charge in [-0.2, -0.15) is 0 Å². The molecule has 4 aromatic rings. The second-order valence-electron chi connectivity index (χ2n) is 16.6. The minimum Gasteiger partial charge on any atom is -0.493 e. The maximum Gasteiger partial charge on any atom is 0.326 e. The van der Waals surface area contributed by atoms with Crippen LogP contribution in [0.2, 0.25) is 10.0 Å². The Labute approximate surface area is 342 Å². The molecule has 0 bridgehead atoms. The summed E-state index contributed by atoms with van der Waals surface area (Å²) in [6.45, 7) is 18.2. The number of aliphatic imine (C=N–C) groups is 1. The van der Waals surface area contributed by atoms with E-state index in [1.54, 1.807) is 6.20 Å². The smallest absolute Gasteiger partial charge is 0.326 e. The van der Waals surface area contributed by atoms with Crippen LogP contribution in [-0.2, 0) is 21.3 Å². The summed E-state index contributed by atoms with van der Waals surface area (Å²) in [6.07, 6.45) is 4.65. The molecule has 3 aromatic carbocycles. The van der Waals surface area contributed by atoms with Crippen LogP contribution >= 0.6 is 23.2 Å². The van der Waals surface area contributed by atoms with E-state index in [0.29, 0.717) is 72.1 Å². The van der Waals surface area contributed by atoms with E-state index in [0.717, 1.165) is 28.9 Å². The number of halogens is 2. The number of pyridine rings is 1. The van der Waals surface area contributed by atoms with Crippen LogP contribution in [0.15, 0.2) is 90.1 Å². The number of ether oxygens (including phenoxy) is 1. The summed E-state index contributed by atoms with van der Waals surface area (Å²) < 4.78 is 6.31. The van der Waals surface area contributed by atoms with Crippen LogP contribution in [0.25, 0.3) is 0 Å². The number of carbonyl (C=O) groups is 2. The normalized spacial score (nSPS) is 20.8. The molecule has 0 radical (unpaired) electrons. The number of piperidine rings is 1. The quantitative estimate of drug-likeness (QED) is 0.173. The first-order chi connectivity index (χ1) is 26.6. The fourth-order valence-corrected chi connectivity index (χ4v) is 8.18. The Morgan fingerprint density at radius 3 is 2.05 bits per heavy atom. The maximum absolute atomic E-state index is 15.4. The number of amidine groups is 1. The fourth-order valence-electron chi connectivity index (χ4n) is 7.93. The lowest BCUT2D eigenvalue weighted by atomic mass is 9.71. The Hall–Kier alpha value is -4.40. The molecule has 1 fully saturated rings. The summed E-state index contributed by atoms with van der Waals surface area (Å²) in [4.78, 5) is 42.7. The lowest BCUT2D eigenvalue weighted by Crippen LogP contribution is -2.59. The van der Waals surface area contributed by atoms with Gasteiger partial charge in [-0.3, -0.25) is 19.7 Å². The molecule has 8 nitrogen and oxygen atoms in total.